The van der Waals surface area contributed by atoms with Crippen molar-refractivity contribution in [2.24, 2.45) is 0 Å². The monoisotopic (exact) mass is 319 g/mol. The van der Waals surface area contributed by atoms with E-state index < -0.39 is 34.6 Å². The maximum absolute atomic E-state index is 12.0. The van der Waals surface area contributed by atoms with Gasteiger partial charge in [-0.1, -0.05) is 30.3 Å². The summed E-state index contributed by atoms with van der Waals surface area (Å²) in [5, 5.41) is 17.4. The van der Waals surface area contributed by atoms with Crippen LogP contribution in [0.1, 0.15) is 33.3 Å². The quantitative estimate of drug-likeness (QED) is 0.376. The van der Waals surface area contributed by atoms with Crippen molar-refractivity contribution in [1.82, 2.24) is 0 Å². The Morgan fingerprint density at radius 3 is 2.17 bits per heavy atom. The summed E-state index contributed by atoms with van der Waals surface area (Å²) in [6, 6.07) is 8.93. The Labute approximate surface area is 135 Å². The van der Waals surface area contributed by atoms with Crippen LogP contribution in [0.4, 0.5) is 0 Å². The summed E-state index contributed by atoms with van der Waals surface area (Å²) in [7, 11) is 0. The molecule has 1 aromatic rings. The van der Waals surface area contributed by atoms with Crippen molar-refractivity contribution in [2.45, 2.75) is 39.9 Å². The highest BCUT2D eigenvalue weighted by atomic mass is 16.6. The molecule has 124 valence electrons. The van der Waals surface area contributed by atoms with Gasteiger partial charge in [0.05, 0.1) is 0 Å². The van der Waals surface area contributed by atoms with Gasteiger partial charge >= 0.3 is 11.9 Å². The lowest BCUT2D eigenvalue weighted by molar-refractivity contribution is -0.150. The summed E-state index contributed by atoms with van der Waals surface area (Å²) in [4.78, 5) is 24.0. The average Bonchev–Trinajstić information content (AvgIpc) is 2.43. The third kappa shape index (κ3) is 5.94. The van der Waals surface area contributed by atoms with Gasteiger partial charge in [-0.3, -0.25) is 5.41 Å². The molecule has 0 aliphatic heterocycles. The third-order valence-corrected chi connectivity index (χ3v) is 2.63. The molecule has 6 nitrogen and oxygen atoms in total. The number of aliphatic hydroxyl groups is 1. The Hall–Kier alpha value is -2.63. The number of benzene rings is 1. The lowest BCUT2D eigenvalue weighted by Gasteiger charge is -2.20. The zero-order valence-electron chi connectivity index (χ0n) is 13.7. The smallest absolute Gasteiger partial charge is 0.357 e. The van der Waals surface area contributed by atoms with Gasteiger partial charge in [-0.25, -0.2) is 9.59 Å². The molecule has 1 aromatic carbocycles. The van der Waals surface area contributed by atoms with Gasteiger partial charge in [0.15, 0.2) is 5.71 Å². The van der Waals surface area contributed by atoms with Crippen molar-refractivity contribution < 1.29 is 24.2 Å². The number of nitrogens with one attached hydrogen (secondary N) is 1. The van der Waals surface area contributed by atoms with Gasteiger partial charge in [-0.2, -0.15) is 0 Å². The number of esters is 2. The second-order valence-electron chi connectivity index (χ2n) is 5.90. The number of allylic oxidation sites excluding steroid dienone is 1. The lowest BCUT2D eigenvalue weighted by atomic mass is 10.1. The first-order valence-electron chi connectivity index (χ1n) is 7.05. The minimum Gasteiger partial charge on any atom is -0.512 e. The summed E-state index contributed by atoms with van der Waals surface area (Å²) in [5.41, 5.74) is -1.31. The van der Waals surface area contributed by atoms with Crippen molar-refractivity contribution in [2.75, 3.05) is 0 Å². The van der Waals surface area contributed by atoms with E-state index in [4.69, 9.17) is 14.9 Å². The molecule has 6 heteroatoms. The minimum atomic E-state index is -1.01. The van der Waals surface area contributed by atoms with Crippen molar-refractivity contribution in [3.8, 4) is 0 Å². The summed E-state index contributed by atoms with van der Waals surface area (Å²) >= 11 is 0. The zero-order valence-corrected chi connectivity index (χ0v) is 13.7. The van der Waals surface area contributed by atoms with E-state index in [-0.39, 0.29) is 6.61 Å². The minimum absolute atomic E-state index is 0.0336. The van der Waals surface area contributed by atoms with E-state index in [1.807, 2.05) is 6.07 Å². The molecule has 23 heavy (non-hydrogen) atoms. The first-order chi connectivity index (χ1) is 10.6. The number of hydrogen-bond donors (Lipinski definition) is 2. The summed E-state index contributed by atoms with van der Waals surface area (Å²) in [5.74, 6) is -2.43. The maximum Gasteiger partial charge on any atom is 0.357 e. The first kappa shape index (κ1) is 18.4. The average molecular weight is 319 g/mol. The third-order valence-electron chi connectivity index (χ3n) is 2.63. The molecule has 0 saturated carbocycles. The fourth-order valence-corrected chi connectivity index (χ4v) is 1.66. The Kier molecular flexibility index (Phi) is 6.07. The molecule has 0 aliphatic carbocycles. The second-order valence-corrected chi connectivity index (χ2v) is 5.90. The van der Waals surface area contributed by atoms with E-state index in [0.717, 1.165) is 5.56 Å². The highest BCUT2D eigenvalue weighted by Crippen LogP contribution is 2.15. The maximum atomic E-state index is 12.0. The van der Waals surface area contributed by atoms with Crippen LogP contribution in [0.5, 0.6) is 0 Å². The molecule has 0 aromatic heterocycles. The Morgan fingerprint density at radius 2 is 1.70 bits per heavy atom. The topological polar surface area (TPSA) is 96.7 Å². The van der Waals surface area contributed by atoms with Gasteiger partial charge in [-0.15, -0.1) is 0 Å². The predicted molar refractivity (Wildman–Crippen MR) is 85.1 cm³/mol. The SMILES string of the molecule is CC(O)=C(C(=N)C(=O)OCc1ccccc1)C(=O)OC(C)(C)C. The van der Waals surface area contributed by atoms with Crippen LogP contribution in [0.3, 0.4) is 0 Å². The van der Waals surface area contributed by atoms with Crippen molar-refractivity contribution >= 4 is 17.7 Å². The van der Waals surface area contributed by atoms with Gasteiger partial charge in [-0.05, 0) is 33.3 Å². The van der Waals surface area contributed by atoms with Gasteiger partial charge in [0.25, 0.3) is 0 Å². The van der Waals surface area contributed by atoms with E-state index in [1.54, 1.807) is 45.0 Å². The summed E-state index contributed by atoms with van der Waals surface area (Å²) in [6.07, 6.45) is 0. The van der Waals surface area contributed by atoms with E-state index in [1.165, 1.54) is 6.92 Å². The summed E-state index contributed by atoms with van der Waals surface area (Å²) in [6.45, 7) is 6.11. The molecule has 1 rings (SSSR count). The lowest BCUT2D eigenvalue weighted by Crippen LogP contribution is -2.31. The second kappa shape index (κ2) is 7.58. The van der Waals surface area contributed by atoms with Crippen LogP contribution in [0.15, 0.2) is 41.7 Å². The Balaban J connectivity index is 2.80. The van der Waals surface area contributed by atoms with Crippen LogP contribution in [0.25, 0.3) is 0 Å². The van der Waals surface area contributed by atoms with Crippen LogP contribution < -0.4 is 0 Å². The number of aliphatic hydroxyl groups excluding tert-OH is 1. The van der Waals surface area contributed by atoms with E-state index >= 15 is 0 Å². The fraction of sp³-hybridized carbons (Fsp3) is 0.353. The summed E-state index contributed by atoms with van der Waals surface area (Å²) < 4.78 is 10.1. The molecule has 0 heterocycles. The molecule has 0 saturated heterocycles. The molecule has 0 aliphatic rings. The molecule has 0 atom stereocenters. The van der Waals surface area contributed by atoms with Gasteiger partial charge < -0.3 is 14.6 Å². The van der Waals surface area contributed by atoms with Crippen molar-refractivity contribution in [3.63, 3.8) is 0 Å². The molecule has 0 amide bonds. The van der Waals surface area contributed by atoms with E-state index in [9.17, 15) is 14.7 Å². The number of ether oxygens (including phenoxy) is 2. The van der Waals surface area contributed by atoms with Crippen LogP contribution in [-0.2, 0) is 25.7 Å². The van der Waals surface area contributed by atoms with Crippen molar-refractivity contribution in [1.29, 1.82) is 5.41 Å². The number of carbonyl (C=O) groups excluding carboxylic acids is 2. The van der Waals surface area contributed by atoms with Crippen LogP contribution in [0, 0.1) is 5.41 Å². The molecule has 0 fully saturated rings. The highest BCUT2D eigenvalue weighted by Gasteiger charge is 2.29. The normalized spacial score (nSPS) is 12.2. The van der Waals surface area contributed by atoms with E-state index in [2.05, 4.69) is 0 Å². The fourth-order valence-electron chi connectivity index (χ4n) is 1.66. The Morgan fingerprint density at radius 1 is 1.13 bits per heavy atom. The number of rotatable bonds is 5. The largest absolute Gasteiger partial charge is 0.512 e. The number of carbonyl (C=O) groups is 2. The molecule has 0 spiro atoms. The molecule has 2 N–H and O–H groups in total. The molecule has 0 radical (unpaired) electrons. The van der Waals surface area contributed by atoms with E-state index in [0.29, 0.717) is 0 Å². The van der Waals surface area contributed by atoms with Gasteiger partial charge in [0.2, 0.25) is 0 Å². The molecule has 0 unspecified atom stereocenters. The predicted octanol–water partition coefficient (Wildman–Crippen LogP) is 2.92. The van der Waals surface area contributed by atoms with Gasteiger partial charge in [0, 0.05) is 0 Å². The van der Waals surface area contributed by atoms with Crippen LogP contribution in [0.2, 0.25) is 0 Å². The van der Waals surface area contributed by atoms with Crippen molar-refractivity contribution in [3.05, 3.63) is 47.2 Å². The molecule has 0 bridgehead atoms. The van der Waals surface area contributed by atoms with Gasteiger partial charge in [0.1, 0.15) is 23.5 Å². The number of hydrogen-bond acceptors (Lipinski definition) is 6. The van der Waals surface area contributed by atoms with Crippen LogP contribution >= 0.6 is 0 Å². The first-order valence-corrected chi connectivity index (χ1v) is 7.05. The standard InChI is InChI=1S/C17H21NO5/c1-11(19)13(15(20)23-17(2,3)4)14(18)16(21)22-10-12-8-6-5-7-9-12/h5-9,18-19H,10H2,1-4H3. The highest BCUT2D eigenvalue weighted by molar-refractivity contribution is 6.48. The zero-order chi connectivity index (χ0) is 17.6. The molecular weight excluding hydrogens is 298 g/mol. The van der Waals surface area contributed by atoms with Crippen LogP contribution in [-0.4, -0.2) is 28.4 Å². The molecular formula is C17H21NO5. The Bertz CT molecular complexity index is 622.